The van der Waals surface area contributed by atoms with E-state index in [2.05, 4.69) is 23.5 Å². The first kappa shape index (κ1) is 17.5. The fourth-order valence-electron chi connectivity index (χ4n) is 4.41. The molecule has 26 heavy (non-hydrogen) atoms. The second kappa shape index (κ2) is 7.00. The molecule has 1 N–H and O–H groups in total. The number of imide groups is 1. The van der Waals surface area contributed by atoms with Crippen molar-refractivity contribution in [3.05, 3.63) is 29.8 Å². The molecule has 2 heterocycles. The molecule has 1 unspecified atom stereocenters. The molecule has 1 aromatic rings. The molecule has 1 spiro atoms. The summed E-state index contributed by atoms with van der Waals surface area (Å²) in [7, 11) is 1.93. The molecule has 1 atom stereocenters. The van der Waals surface area contributed by atoms with Gasteiger partial charge in [-0.3, -0.25) is 14.9 Å². The average Bonchev–Trinajstić information content (AvgIpc) is 3.10. The first-order valence-electron chi connectivity index (χ1n) is 9.51. The minimum Gasteiger partial charge on any atom is -0.363 e. The number of carbonyl (C=O) groups excluding carboxylic acids is 2. The summed E-state index contributed by atoms with van der Waals surface area (Å²) >= 11 is 0. The first-order valence-corrected chi connectivity index (χ1v) is 9.51. The van der Waals surface area contributed by atoms with Crippen LogP contribution in [0.1, 0.15) is 50.0 Å². The summed E-state index contributed by atoms with van der Waals surface area (Å²) < 4.78 is 11.6. The van der Waals surface area contributed by atoms with Gasteiger partial charge in [-0.25, -0.2) is 0 Å². The number of amides is 2. The van der Waals surface area contributed by atoms with Crippen LogP contribution in [0.15, 0.2) is 24.3 Å². The van der Waals surface area contributed by atoms with Crippen LogP contribution in [0.2, 0.25) is 0 Å². The van der Waals surface area contributed by atoms with Gasteiger partial charge in [0.2, 0.25) is 11.8 Å². The Labute approximate surface area is 153 Å². The van der Waals surface area contributed by atoms with E-state index in [1.165, 1.54) is 5.56 Å². The van der Waals surface area contributed by atoms with Gasteiger partial charge in [-0.05, 0) is 42.9 Å². The fraction of sp³-hybridized carbons (Fsp3) is 0.600. The van der Waals surface area contributed by atoms with E-state index in [1.54, 1.807) is 0 Å². The first-order chi connectivity index (χ1) is 12.6. The zero-order valence-corrected chi connectivity index (χ0v) is 15.2. The summed E-state index contributed by atoms with van der Waals surface area (Å²) in [6.07, 6.45) is 4.92. The van der Waals surface area contributed by atoms with Crippen LogP contribution in [0.3, 0.4) is 0 Å². The lowest BCUT2D eigenvalue weighted by Crippen LogP contribution is -2.51. The van der Waals surface area contributed by atoms with E-state index >= 15 is 0 Å². The molecule has 1 aliphatic carbocycles. The van der Waals surface area contributed by atoms with Crippen LogP contribution in [0.4, 0.5) is 5.69 Å². The van der Waals surface area contributed by atoms with E-state index in [4.69, 9.17) is 9.47 Å². The number of rotatable bonds is 3. The summed E-state index contributed by atoms with van der Waals surface area (Å²) in [5.41, 5.74) is 2.32. The topological polar surface area (TPSA) is 67.9 Å². The summed E-state index contributed by atoms with van der Waals surface area (Å²) in [4.78, 5) is 25.5. The van der Waals surface area contributed by atoms with Crippen LogP contribution in [0, 0.1) is 0 Å². The monoisotopic (exact) mass is 358 g/mol. The van der Waals surface area contributed by atoms with Crippen molar-refractivity contribution < 1.29 is 19.1 Å². The maximum Gasteiger partial charge on any atom is 0.249 e. The molecule has 3 aliphatic rings. The van der Waals surface area contributed by atoms with Crippen LogP contribution < -0.4 is 10.2 Å². The Morgan fingerprint density at radius 3 is 2.54 bits per heavy atom. The largest absolute Gasteiger partial charge is 0.363 e. The molecule has 1 saturated carbocycles. The standard InChI is InChI=1S/C20H26N2O4/c1-22(17-5-6-18(23)21-19(17)24)16-4-2-3-15(13-16)14-7-9-20(10-8-14)25-11-12-26-20/h2-4,13-14,17H,5-12H2,1H3,(H,21,23,24). The number of nitrogens with one attached hydrogen (secondary N) is 1. The molecular formula is C20H26N2O4. The number of carbonyl (C=O) groups is 2. The quantitative estimate of drug-likeness (QED) is 0.840. The molecule has 0 radical (unpaired) electrons. The third-order valence-corrected chi connectivity index (χ3v) is 5.99. The Morgan fingerprint density at radius 2 is 1.85 bits per heavy atom. The number of ether oxygens (including phenoxy) is 2. The second-order valence-electron chi connectivity index (χ2n) is 7.55. The lowest BCUT2D eigenvalue weighted by atomic mass is 9.81. The van der Waals surface area contributed by atoms with Crippen LogP contribution in [-0.2, 0) is 19.1 Å². The van der Waals surface area contributed by atoms with Crippen LogP contribution in [0.25, 0.3) is 0 Å². The van der Waals surface area contributed by atoms with Gasteiger partial charge in [-0.15, -0.1) is 0 Å². The minimum atomic E-state index is -0.336. The van der Waals surface area contributed by atoms with E-state index in [1.807, 2.05) is 18.0 Å². The molecule has 3 fully saturated rings. The van der Waals surface area contributed by atoms with Crippen LogP contribution in [-0.4, -0.2) is 43.9 Å². The number of anilines is 1. The lowest BCUT2D eigenvalue weighted by molar-refractivity contribution is -0.178. The van der Waals surface area contributed by atoms with Crippen molar-refractivity contribution in [1.82, 2.24) is 5.32 Å². The number of hydrogen-bond acceptors (Lipinski definition) is 5. The molecule has 1 aromatic carbocycles. The van der Waals surface area contributed by atoms with Gasteiger partial charge in [0.1, 0.15) is 6.04 Å². The van der Waals surface area contributed by atoms with Crippen molar-refractivity contribution in [2.75, 3.05) is 25.2 Å². The highest BCUT2D eigenvalue weighted by molar-refractivity contribution is 6.01. The van der Waals surface area contributed by atoms with Gasteiger partial charge in [-0.1, -0.05) is 12.1 Å². The van der Waals surface area contributed by atoms with E-state index < -0.39 is 0 Å². The predicted molar refractivity (Wildman–Crippen MR) is 96.9 cm³/mol. The molecule has 4 rings (SSSR count). The SMILES string of the molecule is CN(c1cccc(C2CCC3(CC2)OCCO3)c1)C1CCC(=O)NC1=O. The molecule has 0 bridgehead atoms. The number of nitrogens with zero attached hydrogens (tertiary/aromatic N) is 1. The highest BCUT2D eigenvalue weighted by Gasteiger charge is 2.40. The average molecular weight is 358 g/mol. The molecular weight excluding hydrogens is 332 g/mol. The Kier molecular flexibility index (Phi) is 4.71. The molecule has 2 saturated heterocycles. The molecule has 2 aliphatic heterocycles. The highest BCUT2D eigenvalue weighted by Crippen LogP contribution is 2.42. The Balaban J connectivity index is 1.45. The van der Waals surface area contributed by atoms with Gasteiger partial charge < -0.3 is 14.4 Å². The minimum absolute atomic E-state index is 0.180. The predicted octanol–water partition coefficient (Wildman–Crippen LogP) is 2.33. The van der Waals surface area contributed by atoms with Crippen molar-refractivity contribution >= 4 is 17.5 Å². The van der Waals surface area contributed by atoms with Crippen molar-refractivity contribution in [1.29, 1.82) is 0 Å². The Bertz CT molecular complexity index is 689. The summed E-state index contributed by atoms with van der Waals surface area (Å²) in [6, 6.07) is 8.14. The zero-order chi connectivity index (χ0) is 18.1. The third-order valence-electron chi connectivity index (χ3n) is 5.99. The van der Waals surface area contributed by atoms with Crippen LogP contribution in [0.5, 0.6) is 0 Å². The fourth-order valence-corrected chi connectivity index (χ4v) is 4.41. The van der Waals surface area contributed by atoms with Crippen molar-refractivity contribution in [3.8, 4) is 0 Å². The normalized spacial score (nSPS) is 26.1. The summed E-state index contributed by atoms with van der Waals surface area (Å²) in [6.45, 7) is 1.41. The third kappa shape index (κ3) is 3.35. The summed E-state index contributed by atoms with van der Waals surface area (Å²) in [5.74, 6) is -0.230. The van der Waals surface area contributed by atoms with Crippen molar-refractivity contribution in [3.63, 3.8) is 0 Å². The molecule has 0 aromatic heterocycles. The van der Waals surface area contributed by atoms with Gasteiger partial charge in [-0.2, -0.15) is 0 Å². The molecule has 2 amide bonds. The van der Waals surface area contributed by atoms with Gasteiger partial charge in [0.05, 0.1) is 13.2 Å². The van der Waals surface area contributed by atoms with E-state index in [9.17, 15) is 9.59 Å². The number of hydrogen-bond donors (Lipinski definition) is 1. The van der Waals surface area contributed by atoms with Crippen molar-refractivity contribution in [2.45, 2.75) is 56.3 Å². The number of likely N-dealkylation sites (N-methyl/N-ethyl adjacent to an activating group) is 1. The Hall–Kier alpha value is -1.92. The van der Waals surface area contributed by atoms with E-state index in [0.29, 0.717) is 32.0 Å². The highest BCUT2D eigenvalue weighted by atomic mass is 16.7. The number of piperidine rings is 1. The van der Waals surface area contributed by atoms with Gasteiger partial charge in [0, 0.05) is 32.0 Å². The second-order valence-corrected chi connectivity index (χ2v) is 7.55. The molecule has 6 heteroatoms. The lowest BCUT2D eigenvalue weighted by Gasteiger charge is -2.36. The molecule has 140 valence electrons. The maximum atomic E-state index is 12.1. The Morgan fingerprint density at radius 1 is 1.12 bits per heavy atom. The summed E-state index contributed by atoms with van der Waals surface area (Å²) in [5, 5.41) is 2.44. The van der Waals surface area contributed by atoms with Gasteiger partial charge in [0.25, 0.3) is 0 Å². The smallest absolute Gasteiger partial charge is 0.249 e. The van der Waals surface area contributed by atoms with Gasteiger partial charge >= 0.3 is 0 Å². The van der Waals surface area contributed by atoms with E-state index in [0.717, 1.165) is 31.4 Å². The van der Waals surface area contributed by atoms with Crippen molar-refractivity contribution in [2.24, 2.45) is 0 Å². The van der Waals surface area contributed by atoms with E-state index in [-0.39, 0.29) is 23.6 Å². The van der Waals surface area contributed by atoms with Gasteiger partial charge in [0.15, 0.2) is 5.79 Å². The maximum absolute atomic E-state index is 12.1. The number of benzene rings is 1. The molecule has 6 nitrogen and oxygen atoms in total. The van der Waals surface area contributed by atoms with Crippen LogP contribution >= 0.6 is 0 Å². The zero-order valence-electron chi connectivity index (χ0n) is 15.2.